The van der Waals surface area contributed by atoms with E-state index in [2.05, 4.69) is 96.3 Å². The zero-order chi connectivity index (χ0) is 20.6. The van der Waals surface area contributed by atoms with Gasteiger partial charge in [0.15, 0.2) is 0 Å². The Kier molecular flexibility index (Phi) is 3.76. The molecule has 6 rings (SSSR count). The fourth-order valence-corrected chi connectivity index (χ4v) is 5.35. The number of aryl methyl sites for hydroxylation is 3. The third-order valence-electron chi connectivity index (χ3n) is 6.33. The summed E-state index contributed by atoms with van der Waals surface area (Å²) in [6.07, 6.45) is 0.860. The Bertz CT molecular complexity index is 1550. The van der Waals surface area contributed by atoms with E-state index < -0.39 is 0 Å². The van der Waals surface area contributed by atoms with Crippen molar-refractivity contribution in [3.8, 4) is 0 Å². The molecule has 1 aliphatic rings. The smallest absolute Gasteiger partial charge is 0.0754 e. The van der Waals surface area contributed by atoms with Crippen molar-refractivity contribution < 1.29 is 0 Å². The Morgan fingerprint density at radius 2 is 1.47 bits per heavy atom. The van der Waals surface area contributed by atoms with E-state index in [4.69, 9.17) is 4.99 Å². The molecular weight excluding hydrogens is 432 g/mol. The average molecular weight is 453 g/mol. The van der Waals surface area contributed by atoms with Gasteiger partial charge in [0.1, 0.15) is 0 Å². The van der Waals surface area contributed by atoms with Gasteiger partial charge in [0.25, 0.3) is 0 Å². The lowest BCUT2D eigenvalue weighted by Crippen LogP contribution is -2.02. The van der Waals surface area contributed by atoms with Crippen molar-refractivity contribution >= 4 is 59.8 Å². The maximum Gasteiger partial charge on any atom is 0.0754 e. The molecule has 5 aromatic rings. The quantitative estimate of drug-likeness (QED) is 0.251. The van der Waals surface area contributed by atoms with Gasteiger partial charge in [-0.2, -0.15) is 0 Å². The van der Waals surface area contributed by atoms with Crippen LogP contribution in [0.25, 0.3) is 32.4 Å². The maximum absolute atomic E-state index is 5.25. The number of rotatable bonds is 1. The summed E-state index contributed by atoms with van der Waals surface area (Å²) in [6, 6.07) is 20.0. The minimum absolute atomic E-state index is 0.860. The summed E-state index contributed by atoms with van der Waals surface area (Å²) in [5.74, 6) is 0. The van der Waals surface area contributed by atoms with E-state index >= 15 is 0 Å². The highest BCUT2D eigenvalue weighted by Crippen LogP contribution is 2.44. The first-order valence-corrected chi connectivity index (χ1v) is 11.1. The Hall–Kier alpha value is -2.91. The van der Waals surface area contributed by atoms with Crippen LogP contribution in [0.5, 0.6) is 0 Å². The molecule has 0 saturated carbocycles. The van der Waals surface area contributed by atoms with E-state index in [0.717, 1.165) is 27.8 Å². The number of benzene rings is 4. The summed E-state index contributed by atoms with van der Waals surface area (Å²) in [5, 5.41) is 6.44. The average Bonchev–Trinajstić information content (AvgIpc) is 3.28. The van der Waals surface area contributed by atoms with E-state index in [0.29, 0.717) is 0 Å². The molecule has 146 valence electrons. The largest absolute Gasteiger partial charge is 0.358 e. The van der Waals surface area contributed by atoms with Crippen LogP contribution in [0.3, 0.4) is 0 Å². The topological polar surface area (TPSA) is 28.1 Å². The first-order valence-electron chi connectivity index (χ1n) is 10.3. The number of nitrogens with one attached hydrogen (secondary N) is 1. The van der Waals surface area contributed by atoms with Crippen LogP contribution in [0.4, 0.5) is 5.69 Å². The van der Waals surface area contributed by atoms with E-state index in [1.165, 1.54) is 54.9 Å². The number of aromatic amines is 1. The second kappa shape index (κ2) is 6.29. The molecule has 0 amide bonds. The SMILES string of the molecule is Cc1ccc2c3c(c4ccc(C)cc4c2c1)N=C(c1c(C)[nH]c2ccc(Br)cc12)C3. The molecule has 1 aromatic heterocycles. The molecule has 0 fully saturated rings. The lowest BCUT2D eigenvalue weighted by atomic mass is 9.91. The van der Waals surface area contributed by atoms with Gasteiger partial charge in [-0.05, 0) is 60.7 Å². The number of H-pyrrole nitrogens is 1. The van der Waals surface area contributed by atoms with Gasteiger partial charge in [-0.15, -0.1) is 0 Å². The van der Waals surface area contributed by atoms with Crippen molar-refractivity contribution in [1.82, 2.24) is 4.98 Å². The number of hydrogen-bond donors (Lipinski definition) is 1. The molecule has 0 unspecified atom stereocenters. The second-order valence-corrected chi connectivity index (χ2v) is 9.39. The lowest BCUT2D eigenvalue weighted by Gasteiger charge is -2.12. The Morgan fingerprint density at radius 3 is 2.23 bits per heavy atom. The van der Waals surface area contributed by atoms with Crippen molar-refractivity contribution in [2.45, 2.75) is 27.2 Å². The Balaban J connectivity index is 1.67. The second-order valence-electron chi connectivity index (χ2n) is 8.48. The summed E-state index contributed by atoms with van der Waals surface area (Å²) in [7, 11) is 0. The summed E-state index contributed by atoms with van der Waals surface area (Å²) < 4.78 is 1.09. The van der Waals surface area contributed by atoms with Crippen LogP contribution in [0.2, 0.25) is 0 Å². The standard InChI is InChI=1S/C27H21BrN2/c1-14-4-7-18-20(10-14)21-11-15(2)5-8-19(21)27-22(18)13-25(30-27)26-16(3)29-24-9-6-17(28)12-23(24)26/h4-12,29H,13H2,1-3H3. The number of nitrogens with zero attached hydrogens (tertiary/aromatic N) is 1. The summed E-state index contributed by atoms with van der Waals surface area (Å²) >= 11 is 3.64. The minimum Gasteiger partial charge on any atom is -0.358 e. The molecule has 2 heterocycles. The van der Waals surface area contributed by atoms with Gasteiger partial charge in [0.2, 0.25) is 0 Å². The molecule has 3 heteroatoms. The molecule has 1 aliphatic heterocycles. The molecular formula is C27H21BrN2. The molecule has 30 heavy (non-hydrogen) atoms. The van der Waals surface area contributed by atoms with Crippen LogP contribution in [-0.4, -0.2) is 10.7 Å². The highest BCUT2D eigenvalue weighted by molar-refractivity contribution is 9.10. The van der Waals surface area contributed by atoms with Crippen LogP contribution >= 0.6 is 15.9 Å². The van der Waals surface area contributed by atoms with Crippen LogP contribution in [-0.2, 0) is 6.42 Å². The van der Waals surface area contributed by atoms with Crippen LogP contribution in [0.1, 0.15) is 27.9 Å². The van der Waals surface area contributed by atoms with Gasteiger partial charge in [-0.1, -0.05) is 63.5 Å². The summed E-state index contributed by atoms with van der Waals surface area (Å²) in [6.45, 7) is 6.48. The molecule has 0 saturated heterocycles. The van der Waals surface area contributed by atoms with Gasteiger partial charge in [0, 0.05) is 38.4 Å². The van der Waals surface area contributed by atoms with Gasteiger partial charge < -0.3 is 4.98 Å². The maximum atomic E-state index is 5.25. The number of hydrogen-bond acceptors (Lipinski definition) is 1. The highest BCUT2D eigenvalue weighted by Gasteiger charge is 2.25. The van der Waals surface area contributed by atoms with Crippen molar-refractivity contribution in [1.29, 1.82) is 0 Å². The first kappa shape index (κ1) is 17.9. The van der Waals surface area contributed by atoms with E-state index in [1.54, 1.807) is 0 Å². The van der Waals surface area contributed by atoms with Gasteiger partial charge >= 0.3 is 0 Å². The Morgan fingerprint density at radius 1 is 0.767 bits per heavy atom. The third kappa shape index (κ3) is 2.51. The first-order chi connectivity index (χ1) is 14.5. The van der Waals surface area contributed by atoms with E-state index in [-0.39, 0.29) is 0 Å². The summed E-state index contributed by atoms with van der Waals surface area (Å²) in [5.41, 5.74) is 9.79. The minimum atomic E-state index is 0.860. The number of aliphatic imine (C=N–C) groups is 1. The van der Waals surface area contributed by atoms with Gasteiger partial charge in [0.05, 0.1) is 11.4 Å². The zero-order valence-corrected chi connectivity index (χ0v) is 18.8. The fourth-order valence-electron chi connectivity index (χ4n) is 4.99. The predicted molar refractivity (Wildman–Crippen MR) is 132 cm³/mol. The zero-order valence-electron chi connectivity index (χ0n) is 17.2. The molecule has 0 radical (unpaired) electrons. The van der Waals surface area contributed by atoms with Crippen LogP contribution in [0.15, 0.2) is 64.1 Å². The number of halogens is 1. The summed E-state index contributed by atoms with van der Waals surface area (Å²) in [4.78, 5) is 8.79. The number of aromatic nitrogens is 1. The number of fused-ring (bicyclic) bond motifs is 7. The molecule has 0 bridgehead atoms. The molecule has 4 aromatic carbocycles. The Labute approximate surface area is 183 Å². The van der Waals surface area contributed by atoms with E-state index in [9.17, 15) is 0 Å². The van der Waals surface area contributed by atoms with Gasteiger partial charge in [-0.3, -0.25) is 4.99 Å². The fraction of sp³-hybridized carbons (Fsp3) is 0.148. The predicted octanol–water partition coefficient (Wildman–Crippen LogP) is 7.84. The lowest BCUT2D eigenvalue weighted by molar-refractivity contribution is 1.28. The van der Waals surface area contributed by atoms with Crippen molar-refractivity contribution in [3.05, 3.63) is 87.0 Å². The molecule has 0 aliphatic carbocycles. The van der Waals surface area contributed by atoms with Crippen LogP contribution < -0.4 is 0 Å². The van der Waals surface area contributed by atoms with Crippen molar-refractivity contribution in [2.75, 3.05) is 0 Å². The molecule has 0 spiro atoms. The third-order valence-corrected chi connectivity index (χ3v) is 6.83. The highest BCUT2D eigenvalue weighted by atomic mass is 79.9. The molecule has 0 atom stereocenters. The molecule has 1 N–H and O–H groups in total. The normalized spacial score (nSPS) is 13.4. The van der Waals surface area contributed by atoms with Crippen LogP contribution in [0, 0.1) is 20.8 Å². The van der Waals surface area contributed by atoms with Crippen molar-refractivity contribution in [2.24, 2.45) is 4.99 Å². The van der Waals surface area contributed by atoms with Crippen molar-refractivity contribution in [3.63, 3.8) is 0 Å². The monoisotopic (exact) mass is 452 g/mol. The van der Waals surface area contributed by atoms with Gasteiger partial charge in [-0.25, -0.2) is 0 Å². The molecule has 2 nitrogen and oxygen atoms in total. The van der Waals surface area contributed by atoms with E-state index in [1.807, 2.05) is 0 Å².